The molecule has 0 aromatic carbocycles. The molecular formula is C4H8ClNO. The van der Waals surface area contributed by atoms with Crippen molar-refractivity contribution in [2.45, 2.75) is 0 Å². The lowest BCUT2D eigenvalue weighted by molar-refractivity contribution is 0.169. The summed E-state index contributed by atoms with van der Waals surface area (Å²) < 4.78 is 4.66. The van der Waals surface area contributed by atoms with Crippen LogP contribution < -0.4 is 5.32 Å². The molecule has 42 valence electrons. The standard InChI is InChI=1S/C4H8ClNO/c1-2-6-4-7-3-5/h2,6H,1,3-4H2. The quantitative estimate of drug-likeness (QED) is 0.339. The summed E-state index contributed by atoms with van der Waals surface area (Å²) in [4.78, 5) is 0. The average molecular weight is 122 g/mol. The number of hydrogen-bond acceptors (Lipinski definition) is 2. The molecule has 0 fully saturated rings. The molecular weight excluding hydrogens is 114 g/mol. The molecule has 1 N–H and O–H groups in total. The first-order valence-corrected chi connectivity index (χ1v) is 2.43. The van der Waals surface area contributed by atoms with Crippen LogP contribution in [0.2, 0.25) is 0 Å². The van der Waals surface area contributed by atoms with Crippen LogP contribution >= 0.6 is 11.6 Å². The Hall–Kier alpha value is -0.210. The molecule has 7 heavy (non-hydrogen) atoms. The lowest BCUT2D eigenvalue weighted by Gasteiger charge is -1.95. The lowest BCUT2D eigenvalue weighted by atomic mass is 11.0. The summed E-state index contributed by atoms with van der Waals surface area (Å²) in [6, 6.07) is 0.223. The van der Waals surface area contributed by atoms with E-state index in [9.17, 15) is 0 Å². The summed E-state index contributed by atoms with van der Waals surface area (Å²) in [6.45, 7) is 3.84. The molecule has 0 bridgehead atoms. The predicted molar refractivity (Wildman–Crippen MR) is 30.0 cm³/mol. The fourth-order valence-electron chi connectivity index (χ4n) is 0.156. The van der Waals surface area contributed by atoms with Crippen LogP contribution in [0.15, 0.2) is 12.8 Å². The molecule has 0 rings (SSSR count). The smallest absolute Gasteiger partial charge is 0.123 e. The summed E-state index contributed by atoms with van der Waals surface area (Å²) >= 11 is 5.14. The molecule has 0 aliphatic carbocycles. The Morgan fingerprint density at radius 3 is 3.00 bits per heavy atom. The molecule has 0 saturated carbocycles. The molecule has 0 atom stereocenters. The first-order valence-electron chi connectivity index (χ1n) is 1.90. The molecule has 0 amide bonds. The first-order chi connectivity index (χ1) is 3.41. The molecule has 2 nitrogen and oxygen atoms in total. The highest BCUT2D eigenvalue weighted by molar-refractivity contribution is 6.17. The van der Waals surface area contributed by atoms with Crippen LogP contribution in [0.5, 0.6) is 0 Å². The summed E-state index contributed by atoms with van der Waals surface area (Å²) in [5.41, 5.74) is 0. The molecule has 0 aromatic heterocycles. The van der Waals surface area contributed by atoms with Crippen molar-refractivity contribution in [1.29, 1.82) is 0 Å². The van der Waals surface area contributed by atoms with E-state index in [4.69, 9.17) is 11.6 Å². The zero-order valence-electron chi connectivity index (χ0n) is 3.98. The van der Waals surface area contributed by atoms with Crippen LogP contribution in [0.1, 0.15) is 0 Å². The molecule has 0 heterocycles. The highest BCUT2D eigenvalue weighted by Crippen LogP contribution is 1.73. The summed E-state index contributed by atoms with van der Waals surface area (Å²) in [6.07, 6.45) is 1.55. The van der Waals surface area contributed by atoms with Gasteiger partial charge in [0.1, 0.15) is 12.8 Å². The molecule has 0 spiro atoms. The number of hydrogen-bond donors (Lipinski definition) is 1. The van der Waals surface area contributed by atoms with Crippen molar-refractivity contribution in [3.8, 4) is 0 Å². The van der Waals surface area contributed by atoms with Gasteiger partial charge in [-0.25, -0.2) is 0 Å². The molecule has 0 radical (unpaired) electrons. The van der Waals surface area contributed by atoms with Gasteiger partial charge >= 0.3 is 0 Å². The number of halogens is 1. The van der Waals surface area contributed by atoms with Gasteiger partial charge in [0.15, 0.2) is 0 Å². The van der Waals surface area contributed by atoms with E-state index in [1.807, 2.05) is 0 Å². The zero-order chi connectivity index (χ0) is 5.54. The second-order valence-electron chi connectivity index (χ2n) is 0.866. The Morgan fingerprint density at radius 1 is 1.86 bits per heavy atom. The SMILES string of the molecule is C=CNCOCCl. The average Bonchev–Trinajstić information content (AvgIpc) is 1.69. The molecule has 0 aromatic rings. The maximum atomic E-state index is 5.14. The monoisotopic (exact) mass is 121 g/mol. The number of rotatable bonds is 4. The first kappa shape index (κ1) is 6.79. The van der Waals surface area contributed by atoms with Crippen LogP contribution in [-0.2, 0) is 4.74 Å². The largest absolute Gasteiger partial charge is 0.369 e. The maximum Gasteiger partial charge on any atom is 0.123 e. The van der Waals surface area contributed by atoms with E-state index < -0.39 is 0 Å². The Balaban J connectivity index is 2.56. The van der Waals surface area contributed by atoms with E-state index in [0.29, 0.717) is 6.73 Å². The van der Waals surface area contributed by atoms with E-state index in [0.717, 1.165) is 0 Å². The van der Waals surface area contributed by atoms with Crippen molar-refractivity contribution < 1.29 is 4.74 Å². The fraction of sp³-hybridized carbons (Fsp3) is 0.500. The van der Waals surface area contributed by atoms with Gasteiger partial charge in [0.2, 0.25) is 0 Å². The van der Waals surface area contributed by atoms with E-state index in [1.165, 1.54) is 0 Å². The van der Waals surface area contributed by atoms with Crippen LogP contribution in [0, 0.1) is 0 Å². The number of nitrogens with one attached hydrogen (secondary N) is 1. The Morgan fingerprint density at radius 2 is 2.57 bits per heavy atom. The molecule has 0 aliphatic rings. The maximum absolute atomic E-state index is 5.14. The fourth-order valence-corrected chi connectivity index (χ4v) is 0.234. The van der Waals surface area contributed by atoms with Gasteiger partial charge in [0.25, 0.3) is 0 Å². The van der Waals surface area contributed by atoms with E-state index >= 15 is 0 Å². The van der Waals surface area contributed by atoms with Crippen molar-refractivity contribution in [1.82, 2.24) is 5.32 Å². The molecule has 0 saturated heterocycles. The van der Waals surface area contributed by atoms with Crippen molar-refractivity contribution in [3.63, 3.8) is 0 Å². The highest BCUT2D eigenvalue weighted by Gasteiger charge is 1.73. The topological polar surface area (TPSA) is 21.3 Å². The number of alkyl halides is 1. The Labute approximate surface area is 48.1 Å². The van der Waals surface area contributed by atoms with Crippen LogP contribution in [0.3, 0.4) is 0 Å². The van der Waals surface area contributed by atoms with Crippen LogP contribution in [0.4, 0.5) is 0 Å². The third-order valence-corrected chi connectivity index (χ3v) is 0.561. The van der Waals surface area contributed by atoms with Crippen molar-refractivity contribution in [2.24, 2.45) is 0 Å². The van der Waals surface area contributed by atoms with Crippen LogP contribution in [0.25, 0.3) is 0 Å². The van der Waals surface area contributed by atoms with Gasteiger partial charge in [-0.1, -0.05) is 18.2 Å². The summed E-state index contributed by atoms with van der Waals surface area (Å²) in [5, 5.41) is 2.71. The third kappa shape index (κ3) is 5.79. The third-order valence-electron chi connectivity index (χ3n) is 0.407. The van der Waals surface area contributed by atoms with E-state index in [2.05, 4.69) is 16.6 Å². The Kier molecular flexibility index (Phi) is 5.62. The molecule has 0 unspecified atom stereocenters. The van der Waals surface area contributed by atoms with E-state index in [1.54, 1.807) is 6.20 Å². The van der Waals surface area contributed by atoms with Crippen molar-refractivity contribution in [2.75, 3.05) is 12.8 Å². The second-order valence-corrected chi connectivity index (χ2v) is 1.08. The molecule has 3 heteroatoms. The zero-order valence-corrected chi connectivity index (χ0v) is 4.74. The van der Waals surface area contributed by atoms with Gasteiger partial charge in [-0.05, 0) is 6.20 Å². The van der Waals surface area contributed by atoms with Crippen molar-refractivity contribution >= 4 is 11.6 Å². The second kappa shape index (κ2) is 5.79. The highest BCUT2D eigenvalue weighted by atomic mass is 35.5. The van der Waals surface area contributed by atoms with Gasteiger partial charge in [0.05, 0.1) is 0 Å². The van der Waals surface area contributed by atoms with Gasteiger partial charge in [-0.3, -0.25) is 0 Å². The summed E-state index contributed by atoms with van der Waals surface area (Å²) in [5.74, 6) is 0. The normalized spacial score (nSPS) is 8.14. The minimum atomic E-state index is 0.223. The Bertz CT molecular complexity index is 49.0. The van der Waals surface area contributed by atoms with Gasteiger partial charge < -0.3 is 10.1 Å². The van der Waals surface area contributed by atoms with Gasteiger partial charge in [-0.15, -0.1) is 0 Å². The van der Waals surface area contributed by atoms with Crippen molar-refractivity contribution in [3.05, 3.63) is 12.8 Å². The minimum absolute atomic E-state index is 0.223. The molecule has 0 aliphatic heterocycles. The van der Waals surface area contributed by atoms with Crippen LogP contribution in [-0.4, -0.2) is 12.8 Å². The summed E-state index contributed by atoms with van der Waals surface area (Å²) in [7, 11) is 0. The van der Waals surface area contributed by atoms with E-state index in [-0.39, 0.29) is 6.07 Å². The number of ether oxygens (including phenoxy) is 1. The van der Waals surface area contributed by atoms with Gasteiger partial charge in [-0.2, -0.15) is 0 Å². The lowest BCUT2D eigenvalue weighted by Crippen LogP contribution is -2.08. The predicted octanol–water partition coefficient (Wildman–Crippen LogP) is 0.890. The minimum Gasteiger partial charge on any atom is -0.369 e. The van der Waals surface area contributed by atoms with Gasteiger partial charge in [0, 0.05) is 0 Å².